The summed E-state index contributed by atoms with van der Waals surface area (Å²) in [4.78, 5) is 34.7. The zero-order valence-electron chi connectivity index (χ0n) is 20.7. The molecule has 1 aromatic carbocycles. The van der Waals surface area contributed by atoms with Crippen molar-refractivity contribution in [1.82, 2.24) is 10.6 Å². The number of aliphatic hydroxyl groups is 1. The van der Waals surface area contributed by atoms with Gasteiger partial charge in [0.15, 0.2) is 0 Å². The van der Waals surface area contributed by atoms with Crippen molar-refractivity contribution in [2.24, 2.45) is 17.6 Å². The van der Waals surface area contributed by atoms with Crippen LogP contribution < -0.4 is 16.4 Å². The van der Waals surface area contributed by atoms with Crippen molar-refractivity contribution in [3.8, 4) is 0 Å². The van der Waals surface area contributed by atoms with Gasteiger partial charge in [-0.1, -0.05) is 58.0 Å². The SMILES string of the molecule is CC(C)CC(N)C(O)(C(=O)[C@H](CC(C)C)NC(=O)[C@H](C)NC(=O)OCc1ccccc1)S(=O)(=O)O.[NaH]. The summed E-state index contributed by atoms with van der Waals surface area (Å²) in [5.74, 6) is -2.59. The number of benzene rings is 1. The molecule has 11 nitrogen and oxygen atoms in total. The quantitative estimate of drug-likeness (QED) is 0.178. The van der Waals surface area contributed by atoms with Crippen LogP contribution in [0.4, 0.5) is 4.79 Å². The van der Waals surface area contributed by atoms with E-state index in [1.807, 2.05) is 6.07 Å². The van der Waals surface area contributed by atoms with Gasteiger partial charge in [-0.15, -0.1) is 0 Å². The first-order valence-corrected chi connectivity index (χ1v) is 12.8. The maximum absolute atomic E-state index is 13.2. The number of nitrogens with two attached hydrogens (primary N) is 1. The summed E-state index contributed by atoms with van der Waals surface area (Å²) in [6, 6.07) is 4.57. The van der Waals surface area contributed by atoms with Gasteiger partial charge in [0.2, 0.25) is 11.7 Å². The predicted molar refractivity (Wildman–Crippen MR) is 137 cm³/mol. The number of hydrogen-bond donors (Lipinski definition) is 5. The summed E-state index contributed by atoms with van der Waals surface area (Å²) in [5, 5.41) is 15.5. The summed E-state index contributed by atoms with van der Waals surface area (Å²) in [7, 11) is -5.36. The molecule has 2 unspecified atom stereocenters. The van der Waals surface area contributed by atoms with E-state index in [1.54, 1.807) is 52.0 Å². The Labute approximate surface area is 235 Å². The van der Waals surface area contributed by atoms with E-state index in [9.17, 15) is 32.5 Å². The van der Waals surface area contributed by atoms with Crippen LogP contribution in [0.15, 0.2) is 30.3 Å². The number of nitrogens with one attached hydrogen (secondary N) is 2. The monoisotopic (exact) mass is 539 g/mol. The Morgan fingerprint density at radius 2 is 1.53 bits per heavy atom. The van der Waals surface area contributed by atoms with Gasteiger partial charge in [0, 0.05) is 0 Å². The Morgan fingerprint density at radius 1 is 1.00 bits per heavy atom. The van der Waals surface area contributed by atoms with Crippen molar-refractivity contribution >= 4 is 57.5 Å². The first-order chi connectivity index (χ1) is 16.1. The molecule has 0 bridgehead atoms. The molecule has 0 spiro atoms. The fraction of sp³-hybridized carbons (Fsp3) is 0.609. The summed E-state index contributed by atoms with van der Waals surface area (Å²) >= 11 is 0. The second kappa shape index (κ2) is 15.0. The van der Waals surface area contributed by atoms with Gasteiger partial charge in [-0.2, -0.15) is 8.42 Å². The van der Waals surface area contributed by atoms with Crippen LogP contribution in [0.3, 0.4) is 0 Å². The molecule has 6 N–H and O–H groups in total. The number of carbonyl (C=O) groups excluding carboxylic acids is 3. The average Bonchev–Trinajstić information content (AvgIpc) is 2.75. The van der Waals surface area contributed by atoms with Crippen LogP contribution in [0.5, 0.6) is 0 Å². The van der Waals surface area contributed by atoms with E-state index in [4.69, 9.17) is 10.5 Å². The maximum atomic E-state index is 13.2. The molecule has 0 aromatic heterocycles. The third kappa shape index (κ3) is 10.1. The first kappa shape index (κ1) is 34.5. The Hall–Kier alpha value is -1.54. The van der Waals surface area contributed by atoms with Crippen LogP contribution in [-0.2, 0) is 31.1 Å². The van der Waals surface area contributed by atoms with E-state index in [0.29, 0.717) is 0 Å². The standard InChI is InChI=1S/C23H37N3O8S.Na.H/c1-14(2)11-18(20(27)23(30,35(31,32)33)19(24)12-15(3)4)26-21(28)16(5)25-22(29)34-13-17-9-7-6-8-10-17;;/h6-10,14-16,18-19,30H,11-13,24H2,1-5H3,(H,25,29)(H,26,28)(H,31,32,33);;/t16-,18-,19?,23?;;/m0../s1. The number of alkyl carbamates (subject to hydrolysis) is 1. The average molecular weight is 540 g/mol. The normalized spacial score (nSPS) is 15.7. The summed E-state index contributed by atoms with van der Waals surface area (Å²) in [6.45, 7) is 8.16. The summed E-state index contributed by atoms with van der Waals surface area (Å²) < 4.78 is 39.0. The Morgan fingerprint density at radius 3 is 2.00 bits per heavy atom. The molecule has 0 heterocycles. The third-order valence-corrected chi connectivity index (χ3v) is 6.55. The first-order valence-electron chi connectivity index (χ1n) is 11.4. The van der Waals surface area contributed by atoms with Crippen LogP contribution >= 0.6 is 0 Å². The summed E-state index contributed by atoms with van der Waals surface area (Å²) in [5.41, 5.74) is 6.59. The number of rotatable bonds is 13. The van der Waals surface area contributed by atoms with Gasteiger partial charge in [-0.3, -0.25) is 14.1 Å². The van der Waals surface area contributed by atoms with E-state index in [2.05, 4.69) is 10.6 Å². The predicted octanol–water partition coefficient (Wildman–Crippen LogP) is 0.703. The fourth-order valence-electron chi connectivity index (χ4n) is 3.43. The van der Waals surface area contributed by atoms with Crippen molar-refractivity contribution in [1.29, 1.82) is 0 Å². The van der Waals surface area contributed by atoms with E-state index in [1.165, 1.54) is 6.92 Å². The molecule has 0 fully saturated rings. The third-order valence-electron chi connectivity index (χ3n) is 5.25. The van der Waals surface area contributed by atoms with Gasteiger partial charge < -0.3 is 26.2 Å². The number of ketones is 1. The van der Waals surface area contributed by atoms with Crippen molar-refractivity contribution in [2.45, 2.75) is 77.1 Å². The van der Waals surface area contributed by atoms with E-state index < -0.39 is 51.0 Å². The minimum atomic E-state index is -5.36. The topological polar surface area (TPSA) is 185 Å². The van der Waals surface area contributed by atoms with Crippen molar-refractivity contribution in [3.63, 3.8) is 0 Å². The molecule has 0 aliphatic carbocycles. The van der Waals surface area contributed by atoms with Crippen LogP contribution in [-0.4, -0.2) is 88.5 Å². The van der Waals surface area contributed by atoms with Crippen molar-refractivity contribution in [3.05, 3.63) is 35.9 Å². The zero-order chi connectivity index (χ0) is 27.0. The van der Waals surface area contributed by atoms with Crippen LogP contribution in [0.2, 0.25) is 0 Å². The second-order valence-corrected chi connectivity index (χ2v) is 11.0. The zero-order valence-corrected chi connectivity index (χ0v) is 21.5. The van der Waals surface area contributed by atoms with Crippen molar-refractivity contribution in [2.75, 3.05) is 0 Å². The molecular formula is C23H38N3NaO8S. The van der Waals surface area contributed by atoms with Gasteiger partial charge in [-0.05, 0) is 37.2 Å². The second-order valence-electron chi connectivity index (χ2n) is 9.39. The van der Waals surface area contributed by atoms with Gasteiger partial charge in [-0.25, -0.2) is 4.79 Å². The molecule has 0 saturated heterocycles. The number of amides is 2. The minimum absolute atomic E-state index is 0. The number of ether oxygens (including phenoxy) is 1. The molecule has 0 aliphatic heterocycles. The van der Waals surface area contributed by atoms with Gasteiger partial charge in [0.1, 0.15) is 12.6 Å². The molecule has 0 saturated carbocycles. The number of carbonyl (C=O) groups is 3. The molecule has 13 heteroatoms. The Kier molecular flexibility index (Phi) is 14.4. The van der Waals surface area contributed by atoms with Crippen molar-refractivity contribution < 1.29 is 37.2 Å². The van der Waals surface area contributed by atoms with Crippen LogP contribution in [0.25, 0.3) is 0 Å². The molecule has 1 rings (SSSR count). The van der Waals surface area contributed by atoms with E-state index >= 15 is 0 Å². The van der Waals surface area contributed by atoms with Crippen LogP contribution in [0.1, 0.15) is 53.0 Å². The molecule has 1 aromatic rings. The van der Waals surface area contributed by atoms with E-state index in [-0.39, 0.29) is 60.8 Å². The molecule has 0 radical (unpaired) electrons. The molecule has 0 aliphatic rings. The molecule has 36 heavy (non-hydrogen) atoms. The number of Topliss-reactive ketones (excluding diaryl/α,β-unsaturated/α-hetero) is 1. The molecule has 4 atom stereocenters. The molecular weight excluding hydrogens is 501 g/mol. The van der Waals surface area contributed by atoms with Gasteiger partial charge >= 0.3 is 45.8 Å². The number of hydrogen-bond acceptors (Lipinski definition) is 8. The Bertz CT molecular complexity index is 975. The van der Waals surface area contributed by atoms with E-state index in [0.717, 1.165) is 5.56 Å². The molecule has 2 amide bonds. The Balaban J connectivity index is 0.0000122. The van der Waals surface area contributed by atoms with Gasteiger partial charge in [0.25, 0.3) is 4.93 Å². The molecule has 200 valence electrons. The van der Waals surface area contributed by atoms with Gasteiger partial charge in [0.05, 0.1) is 12.1 Å². The fourth-order valence-corrected chi connectivity index (χ4v) is 4.30. The van der Waals surface area contributed by atoms with Crippen LogP contribution in [0, 0.1) is 11.8 Å². The summed E-state index contributed by atoms with van der Waals surface area (Å²) in [6.07, 6.45) is -1.02.